The lowest BCUT2D eigenvalue weighted by atomic mass is 10.1. The Kier molecular flexibility index (Phi) is 5.28. The van der Waals surface area contributed by atoms with E-state index in [1.54, 1.807) is 14.2 Å². The Morgan fingerprint density at radius 1 is 1.09 bits per heavy atom. The predicted octanol–water partition coefficient (Wildman–Crippen LogP) is 4.50. The van der Waals surface area contributed by atoms with Crippen molar-refractivity contribution in [3.8, 4) is 11.5 Å². The normalized spacial score (nSPS) is 11.2. The zero-order valence-corrected chi connectivity index (χ0v) is 13.9. The number of hydrazone groups is 1. The number of ether oxygens (including phenoxy) is 2. The van der Waals surface area contributed by atoms with Crippen molar-refractivity contribution in [2.24, 2.45) is 5.10 Å². The van der Waals surface area contributed by atoms with Crippen molar-refractivity contribution in [3.63, 3.8) is 0 Å². The molecular weight excluding hydrogens is 300 g/mol. The third-order valence-electron chi connectivity index (χ3n) is 3.32. The molecule has 0 amide bonds. The van der Waals surface area contributed by atoms with E-state index in [0.717, 1.165) is 28.3 Å². The van der Waals surface area contributed by atoms with E-state index in [4.69, 9.17) is 21.1 Å². The Labute approximate surface area is 135 Å². The second-order valence-corrected chi connectivity index (χ2v) is 5.25. The summed E-state index contributed by atoms with van der Waals surface area (Å²) >= 11 is 6.10. The van der Waals surface area contributed by atoms with Gasteiger partial charge in [0.15, 0.2) is 0 Å². The highest BCUT2D eigenvalue weighted by Gasteiger charge is 2.08. The summed E-state index contributed by atoms with van der Waals surface area (Å²) in [5.74, 6) is 1.45. The van der Waals surface area contributed by atoms with Gasteiger partial charge in [-0.25, -0.2) is 0 Å². The monoisotopic (exact) mass is 318 g/mol. The summed E-state index contributed by atoms with van der Waals surface area (Å²) in [4.78, 5) is 0. The van der Waals surface area contributed by atoms with Gasteiger partial charge < -0.3 is 9.47 Å². The number of methoxy groups -OCH3 is 2. The molecule has 0 spiro atoms. The Morgan fingerprint density at radius 3 is 2.50 bits per heavy atom. The molecule has 0 fully saturated rings. The SMILES string of the molecule is COc1ccc(/C(C)=N\Nc2ccc(C)c(Cl)c2)c(OC)c1. The Bertz CT molecular complexity index is 699. The highest BCUT2D eigenvalue weighted by atomic mass is 35.5. The zero-order chi connectivity index (χ0) is 16.1. The molecule has 2 aromatic rings. The highest BCUT2D eigenvalue weighted by molar-refractivity contribution is 6.31. The molecule has 2 rings (SSSR count). The predicted molar refractivity (Wildman–Crippen MR) is 91.6 cm³/mol. The fourth-order valence-corrected chi connectivity index (χ4v) is 2.15. The number of nitrogens with one attached hydrogen (secondary N) is 1. The van der Waals surface area contributed by atoms with Gasteiger partial charge in [-0.05, 0) is 43.7 Å². The van der Waals surface area contributed by atoms with Crippen molar-refractivity contribution >= 4 is 23.0 Å². The maximum Gasteiger partial charge on any atom is 0.131 e. The second-order valence-electron chi connectivity index (χ2n) is 4.84. The molecule has 2 aromatic carbocycles. The number of benzene rings is 2. The van der Waals surface area contributed by atoms with Crippen LogP contribution in [0.2, 0.25) is 5.02 Å². The molecule has 22 heavy (non-hydrogen) atoms. The van der Waals surface area contributed by atoms with E-state index in [0.29, 0.717) is 10.8 Å². The lowest BCUT2D eigenvalue weighted by Gasteiger charge is -2.10. The summed E-state index contributed by atoms with van der Waals surface area (Å²) in [6, 6.07) is 11.3. The minimum absolute atomic E-state index is 0.708. The van der Waals surface area contributed by atoms with E-state index >= 15 is 0 Å². The molecule has 0 radical (unpaired) electrons. The van der Waals surface area contributed by atoms with Crippen molar-refractivity contribution < 1.29 is 9.47 Å². The number of hydrogen-bond donors (Lipinski definition) is 1. The Hall–Kier alpha value is -2.20. The summed E-state index contributed by atoms with van der Waals surface area (Å²) < 4.78 is 10.6. The highest BCUT2D eigenvalue weighted by Crippen LogP contribution is 2.25. The van der Waals surface area contributed by atoms with Crippen LogP contribution in [0.3, 0.4) is 0 Å². The summed E-state index contributed by atoms with van der Waals surface area (Å²) in [5, 5.41) is 5.09. The van der Waals surface area contributed by atoms with Gasteiger partial charge in [0.25, 0.3) is 0 Å². The van der Waals surface area contributed by atoms with Gasteiger partial charge in [0.1, 0.15) is 11.5 Å². The third kappa shape index (κ3) is 3.71. The van der Waals surface area contributed by atoms with Crippen molar-refractivity contribution in [1.82, 2.24) is 0 Å². The van der Waals surface area contributed by atoms with Crippen LogP contribution < -0.4 is 14.9 Å². The largest absolute Gasteiger partial charge is 0.497 e. The molecule has 0 atom stereocenters. The lowest BCUT2D eigenvalue weighted by Crippen LogP contribution is -2.03. The maximum absolute atomic E-state index is 6.10. The average molecular weight is 319 g/mol. The van der Waals surface area contributed by atoms with E-state index in [2.05, 4.69) is 10.5 Å². The summed E-state index contributed by atoms with van der Waals surface area (Å²) in [5.41, 5.74) is 6.57. The van der Waals surface area contributed by atoms with Gasteiger partial charge in [0.2, 0.25) is 0 Å². The van der Waals surface area contributed by atoms with Gasteiger partial charge in [-0.15, -0.1) is 0 Å². The van der Waals surface area contributed by atoms with Crippen LogP contribution in [0, 0.1) is 6.92 Å². The van der Waals surface area contributed by atoms with Crippen LogP contribution in [0.4, 0.5) is 5.69 Å². The molecule has 0 saturated carbocycles. The van der Waals surface area contributed by atoms with Crippen LogP contribution in [-0.4, -0.2) is 19.9 Å². The summed E-state index contributed by atoms with van der Waals surface area (Å²) in [6.07, 6.45) is 0. The van der Waals surface area contributed by atoms with E-state index < -0.39 is 0 Å². The van der Waals surface area contributed by atoms with Gasteiger partial charge in [-0.1, -0.05) is 17.7 Å². The Morgan fingerprint density at radius 2 is 1.86 bits per heavy atom. The van der Waals surface area contributed by atoms with E-state index in [9.17, 15) is 0 Å². The molecule has 0 aliphatic heterocycles. The molecule has 5 heteroatoms. The molecule has 0 aromatic heterocycles. The number of aryl methyl sites for hydroxylation is 1. The first-order valence-corrected chi connectivity index (χ1v) is 7.21. The van der Waals surface area contributed by atoms with Crippen LogP contribution in [0.25, 0.3) is 0 Å². The molecule has 1 N–H and O–H groups in total. The average Bonchev–Trinajstić information content (AvgIpc) is 2.54. The van der Waals surface area contributed by atoms with Crippen molar-refractivity contribution in [3.05, 3.63) is 52.5 Å². The lowest BCUT2D eigenvalue weighted by molar-refractivity contribution is 0.394. The van der Waals surface area contributed by atoms with Crippen LogP contribution in [0.5, 0.6) is 11.5 Å². The standard InChI is InChI=1S/C17H19ClN2O2/c1-11-5-6-13(9-16(11)18)20-19-12(2)15-8-7-14(21-3)10-17(15)22-4/h5-10,20H,1-4H3/b19-12-. The van der Waals surface area contributed by atoms with Gasteiger partial charge in [0, 0.05) is 16.7 Å². The minimum atomic E-state index is 0.708. The van der Waals surface area contributed by atoms with Crippen LogP contribution in [-0.2, 0) is 0 Å². The smallest absolute Gasteiger partial charge is 0.131 e. The number of rotatable bonds is 5. The summed E-state index contributed by atoms with van der Waals surface area (Å²) in [6.45, 7) is 3.87. The molecule has 0 aliphatic carbocycles. The van der Waals surface area contributed by atoms with Gasteiger partial charge in [0.05, 0.1) is 25.6 Å². The van der Waals surface area contributed by atoms with Crippen LogP contribution in [0.1, 0.15) is 18.1 Å². The van der Waals surface area contributed by atoms with Crippen molar-refractivity contribution in [2.75, 3.05) is 19.6 Å². The quantitative estimate of drug-likeness (QED) is 0.652. The first kappa shape index (κ1) is 16.2. The van der Waals surface area contributed by atoms with Crippen LogP contribution in [0.15, 0.2) is 41.5 Å². The number of halogens is 1. The van der Waals surface area contributed by atoms with Crippen molar-refractivity contribution in [2.45, 2.75) is 13.8 Å². The maximum atomic E-state index is 6.10. The van der Waals surface area contributed by atoms with Crippen LogP contribution >= 0.6 is 11.6 Å². The fraction of sp³-hybridized carbons (Fsp3) is 0.235. The zero-order valence-electron chi connectivity index (χ0n) is 13.1. The number of hydrogen-bond acceptors (Lipinski definition) is 4. The number of nitrogens with zero attached hydrogens (tertiary/aromatic N) is 1. The van der Waals surface area contributed by atoms with Gasteiger partial charge in [-0.2, -0.15) is 5.10 Å². The van der Waals surface area contributed by atoms with Gasteiger partial charge >= 0.3 is 0 Å². The molecule has 0 saturated heterocycles. The molecule has 0 bridgehead atoms. The van der Waals surface area contributed by atoms with E-state index in [1.807, 2.05) is 50.2 Å². The first-order chi connectivity index (χ1) is 10.5. The minimum Gasteiger partial charge on any atom is -0.497 e. The Balaban J connectivity index is 2.23. The molecular formula is C17H19ClN2O2. The topological polar surface area (TPSA) is 42.8 Å². The van der Waals surface area contributed by atoms with E-state index in [-0.39, 0.29) is 0 Å². The fourth-order valence-electron chi connectivity index (χ4n) is 1.97. The van der Waals surface area contributed by atoms with Gasteiger partial charge in [-0.3, -0.25) is 5.43 Å². The molecule has 116 valence electrons. The first-order valence-electron chi connectivity index (χ1n) is 6.84. The number of anilines is 1. The molecule has 4 nitrogen and oxygen atoms in total. The molecule has 0 heterocycles. The summed E-state index contributed by atoms with van der Waals surface area (Å²) in [7, 11) is 3.25. The second kappa shape index (κ2) is 7.18. The third-order valence-corrected chi connectivity index (χ3v) is 3.73. The van der Waals surface area contributed by atoms with E-state index in [1.165, 1.54) is 0 Å². The molecule has 0 unspecified atom stereocenters. The molecule has 0 aliphatic rings. The van der Waals surface area contributed by atoms with Crippen molar-refractivity contribution in [1.29, 1.82) is 0 Å².